The van der Waals surface area contributed by atoms with Gasteiger partial charge in [-0.05, 0) is 43.3 Å². The first-order valence-electron chi connectivity index (χ1n) is 8.63. The molecule has 0 unspecified atom stereocenters. The van der Waals surface area contributed by atoms with E-state index in [1.807, 2.05) is 23.6 Å². The van der Waals surface area contributed by atoms with E-state index < -0.39 is 5.76 Å². The van der Waals surface area contributed by atoms with E-state index in [4.69, 9.17) is 11.6 Å². The molecule has 1 N–H and O–H groups in total. The van der Waals surface area contributed by atoms with Crippen molar-refractivity contribution < 1.29 is 13.6 Å². The Bertz CT molecular complexity index is 983. The quantitative estimate of drug-likeness (QED) is 0.445. The van der Waals surface area contributed by atoms with E-state index in [1.165, 1.54) is 11.8 Å². The minimum absolute atomic E-state index is 0.0758. The molecule has 1 amide bonds. The maximum Gasteiger partial charge on any atom is 0.288 e. The van der Waals surface area contributed by atoms with Crippen LogP contribution in [0.25, 0.3) is 11.4 Å². The van der Waals surface area contributed by atoms with Crippen LogP contribution >= 0.6 is 35.1 Å². The fourth-order valence-electron chi connectivity index (χ4n) is 2.58. The molecule has 0 spiro atoms. The molecule has 5 nitrogen and oxygen atoms in total. The number of halogens is 3. The minimum atomic E-state index is -2.56. The number of carbonyl (C=O) groups is 1. The van der Waals surface area contributed by atoms with E-state index in [0.29, 0.717) is 44.9 Å². The average Bonchev–Trinajstić information content (AvgIpc) is 3.11. The number of hydrogen-bond acceptors (Lipinski definition) is 5. The summed E-state index contributed by atoms with van der Waals surface area (Å²) in [6.07, 6.45) is 0. The summed E-state index contributed by atoms with van der Waals surface area (Å²) in [7, 11) is 0. The van der Waals surface area contributed by atoms with Crippen molar-refractivity contribution in [1.29, 1.82) is 0 Å². The molecule has 0 radical (unpaired) electrons. The van der Waals surface area contributed by atoms with Gasteiger partial charge in [-0.2, -0.15) is 8.78 Å². The Hall–Kier alpha value is -2.10. The molecule has 10 heteroatoms. The van der Waals surface area contributed by atoms with Crippen LogP contribution in [0, 0.1) is 0 Å². The van der Waals surface area contributed by atoms with Gasteiger partial charge in [0.1, 0.15) is 0 Å². The zero-order valence-electron chi connectivity index (χ0n) is 15.3. The fraction of sp³-hybridized carbons (Fsp3) is 0.211. The number of rotatable bonds is 8. The number of nitrogens with one attached hydrogen (secondary N) is 1. The third kappa shape index (κ3) is 5.71. The highest BCUT2D eigenvalue weighted by Crippen LogP contribution is 2.32. The summed E-state index contributed by atoms with van der Waals surface area (Å²) in [5, 5.41) is 12.3. The molecule has 0 aliphatic rings. The Morgan fingerprint density at radius 2 is 1.90 bits per heavy atom. The molecule has 152 valence electrons. The SMILES string of the molecule is CCn1c(SCC(=O)Nc2ccccc2SC(F)F)nnc1-c1ccc(Cl)cc1. The lowest BCUT2D eigenvalue weighted by Crippen LogP contribution is -2.15. The lowest BCUT2D eigenvalue weighted by Gasteiger charge is -2.10. The van der Waals surface area contributed by atoms with Crippen molar-refractivity contribution in [2.75, 3.05) is 11.1 Å². The highest BCUT2D eigenvalue weighted by molar-refractivity contribution is 8.00. The van der Waals surface area contributed by atoms with Crippen molar-refractivity contribution in [1.82, 2.24) is 14.8 Å². The topological polar surface area (TPSA) is 59.8 Å². The molecule has 1 aromatic heterocycles. The second kappa shape index (κ2) is 10.1. The number of para-hydroxylation sites is 1. The molecule has 3 aromatic rings. The van der Waals surface area contributed by atoms with E-state index in [1.54, 1.807) is 36.4 Å². The number of hydrogen-bond donors (Lipinski definition) is 1. The Labute approximate surface area is 180 Å². The number of nitrogens with zero attached hydrogens (tertiary/aromatic N) is 3. The largest absolute Gasteiger partial charge is 0.324 e. The number of alkyl halides is 2. The lowest BCUT2D eigenvalue weighted by molar-refractivity contribution is -0.113. The van der Waals surface area contributed by atoms with E-state index in [9.17, 15) is 13.6 Å². The number of thioether (sulfide) groups is 2. The van der Waals surface area contributed by atoms with Gasteiger partial charge in [0.05, 0.1) is 11.4 Å². The van der Waals surface area contributed by atoms with Gasteiger partial charge in [0, 0.05) is 22.0 Å². The van der Waals surface area contributed by atoms with Crippen LogP contribution in [0.3, 0.4) is 0 Å². The number of aromatic nitrogens is 3. The van der Waals surface area contributed by atoms with Gasteiger partial charge in [-0.3, -0.25) is 4.79 Å². The van der Waals surface area contributed by atoms with Crippen LogP contribution in [0.5, 0.6) is 0 Å². The predicted molar refractivity (Wildman–Crippen MR) is 114 cm³/mol. The first-order chi connectivity index (χ1) is 14.0. The normalized spacial score (nSPS) is 11.1. The van der Waals surface area contributed by atoms with Crippen molar-refractivity contribution in [2.24, 2.45) is 0 Å². The fourth-order valence-corrected chi connectivity index (χ4v) is 4.10. The van der Waals surface area contributed by atoms with E-state index in [0.717, 1.165) is 5.56 Å². The van der Waals surface area contributed by atoms with Crippen LogP contribution in [0.2, 0.25) is 5.02 Å². The summed E-state index contributed by atoms with van der Waals surface area (Å²) >= 11 is 7.57. The van der Waals surface area contributed by atoms with Crippen molar-refractivity contribution >= 4 is 46.7 Å². The van der Waals surface area contributed by atoms with Crippen molar-refractivity contribution in [3.63, 3.8) is 0 Å². The number of benzene rings is 2. The summed E-state index contributed by atoms with van der Waals surface area (Å²) in [5.41, 5.74) is 1.24. The van der Waals surface area contributed by atoms with Crippen LogP contribution in [-0.2, 0) is 11.3 Å². The molecule has 3 rings (SSSR count). The van der Waals surface area contributed by atoms with Crippen molar-refractivity contribution in [2.45, 2.75) is 29.3 Å². The first kappa shape index (κ1) is 21.6. The van der Waals surface area contributed by atoms with Gasteiger partial charge >= 0.3 is 0 Å². The van der Waals surface area contributed by atoms with Gasteiger partial charge < -0.3 is 9.88 Å². The van der Waals surface area contributed by atoms with Gasteiger partial charge in [0.25, 0.3) is 5.76 Å². The highest BCUT2D eigenvalue weighted by Gasteiger charge is 2.16. The molecule has 0 bridgehead atoms. The lowest BCUT2D eigenvalue weighted by atomic mass is 10.2. The summed E-state index contributed by atoms with van der Waals surface area (Å²) in [4.78, 5) is 12.7. The van der Waals surface area contributed by atoms with Crippen LogP contribution in [-0.4, -0.2) is 32.2 Å². The maximum atomic E-state index is 12.7. The smallest absolute Gasteiger partial charge is 0.288 e. The van der Waals surface area contributed by atoms with Gasteiger partial charge in [0.2, 0.25) is 5.91 Å². The maximum absolute atomic E-state index is 12.7. The van der Waals surface area contributed by atoms with Crippen LogP contribution in [0.4, 0.5) is 14.5 Å². The average molecular weight is 455 g/mol. The Kier molecular flexibility index (Phi) is 7.51. The van der Waals surface area contributed by atoms with Crippen LogP contribution in [0.1, 0.15) is 6.92 Å². The van der Waals surface area contributed by atoms with Gasteiger partial charge in [0.15, 0.2) is 11.0 Å². The summed E-state index contributed by atoms with van der Waals surface area (Å²) in [5.74, 6) is -2.11. The van der Waals surface area contributed by atoms with E-state index in [-0.39, 0.29) is 11.7 Å². The zero-order valence-corrected chi connectivity index (χ0v) is 17.7. The predicted octanol–water partition coefficient (Wildman–Crippen LogP) is 5.66. The molecule has 1 heterocycles. The number of carbonyl (C=O) groups excluding carboxylic acids is 1. The standard InChI is InChI=1S/C19H17ClF2N4OS2/c1-2-26-17(12-7-9-13(20)10-8-12)24-25-19(26)28-11-16(27)23-14-5-3-4-6-15(14)29-18(21)22/h3-10,18H,2,11H2,1H3,(H,23,27). The number of amides is 1. The second-order valence-corrected chi connectivity index (χ2v) is 8.18. The molecule has 0 aliphatic heterocycles. The molecule has 2 aromatic carbocycles. The first-order valence-corrected chi connectivity index (χ1v) is 10.9. The van der Waals surface area contributed by atoms with Crippen LogP contribution in [0.15, 0.2) is 58.6 Å². The minimum Gasteiger partial charge on any atom is -0.324 e. The molecule has 0 saturated carbocycles. The monoisotopic (exact) mass is 454 g/mol. The third-order valence-corrected chi connectivity index (χ3v) is 5.85. The Morgan fingerprint density at radius 1 is 1.17 bits per heavy atom. The summed E-state index contributed by atoms with van der Waals surface area (Å²) in [6.45, 7) is 2.59. The van der Waals surface area contributed by atoms with Gasteiger partial charge in [-0.15, -0.1) is 10.2 Å². The highest BCUT2D eigenvalue weighted by atomic mass is 35.5. The van der Waals surface area contributed by atoms with Crippen molar-refractivity contribution in [3.05, 3.63) is 53.6 Å². The second-order valence-electron chi connectivity index (χ2n) is 5.77. The Balaban J connectivity index is 1.67. The summed E-state index contributed by atoms with van der Waals surface area (Å²) < 4.78 is 27.3. The van der Waals surface area contributed by atoms with E-state index >= 15 is 0 Å². The molecule has 29 heavy (non-hydrogen) atoms. The molecule has 0 saturated heterocycles. The summed E-state index contributed by atoms with van der Waals surface area (Å²) in [6, 6.07) is 13.8. The van der Waals surface area contributed by atoms with Gasteiger partial charge in [-0.25, -0.2) is 0 Å². The van der Waals surface area contributed by atoms with Gasteiger partial charge in [-0.1, -0.05) is 47.3 Å². The third-order valence-electron chi connectivity index (χ3n) is 3.85. The Morgan fingerprint density at radius 3 is 2.59 bits per heavy atom. The van der Waals surface area contributed by atoms with Crippen LogP contribution < -0.4 is 5.32 Å². The van der Waals surface area contributed by atoms with E-state index in [2.05, 4.69) is 15.5 Å². The van der Waals surface area contributed by atoms with Crippen molar-refractivity contribution in [3.8, 4) is 11.4 Å². The molecule has 0 atom stereocenters. The molecule has 0 fully saturated rings. The zero-order chi connectivity index (χ0) is 20.8. The number of anilines is 1. The molecular formula is C19H17ClF2N4OS2. The molecule has 0 aliphatic carbocycles. The molecular weight excluding hydrogens is 438 g/mol.